The van der Waals surface area contributed by atoms with Crippen LogP contribution in [0, 0.1) is 0 Å². The number of ketones is 1. The van der Waals surface area contributed by atoms with E-state index in [4.69, 9.17) is 11.6 Å². The van der Waals surface area contributed by atoms with Crippen LogP contribution in [-0.4, -0.2) is 34.3 Å². The van der Waals surface area contributed by atoms with Gasteiger partial charge in [-0.3, -0.25) is 9.59 Å². The number of carbonyl (C=O) groups is 2. The summed E-state index contributed by atoms with van der Waals surface area (Å²) in [5.41, 5.74) is -2.21. The Morgan fingerprint density at radius 2 is 1.93 bits per heavy atom. The molecule has 0 saturated carbocycles. The van der Waals surface area contributed by atoms with E-state index >= 15 is 0 Å². The molecule has 0 bridgehead atoms. The lowest BCUT2D eigenvalue weighted by Gasteiger charge is -2.33. The fourth-order valence-corrected chi connectivity index (χ4v) is 2.20. The molecule has 15 heavy (non-hydrogen) atoms. The van der Waals surface area contributed by atoms with Gasteiger partial charge in [0.25, 0.3) is 0 Å². The maximum absolute atomic E-state index is 12.5. The molecule has 0 unspecified atom stereocenters. The second-order valence-corrected chi connectivity index (χ2v) is 3.76. The third-order valence-corrected chi connectivity index (χ3v) is 2.91. The standard InChI is InChI=1S/C8H9ClF3NO2/c1-5(14)7(6(9)15)3-2-4-13(7)8(10,11)12/h2-4H2,1H3/t7-/m1/s1. The van der Waals surface area contributed by atoms with Crippen molar-refractivity contribution in [3.05, 3.63) is 0 Å². The Labute approximate surface area is 89.2 Å². The SMILES string of the molecule is CC(=O)[C@@]1(C(=O)Cl)CCCN1C(F)(F)F. The summed E-state index contributed by atoms with van der Waals surface area (Å²) in [6, 6.07) is 0. The van der Waals surface area contributed by atoms with E-state index in [1.807, 2.05) is 0 Å². The lowest BCUT2D eigenvalue weighted by Crippen LogP contribution is -2.59. The van der Waals surface area contributed by atoms with Crippen molar-refractivity contribution in [2.45, 2.75) is 31.6 Å². The topological polar surface area (TPSA) is 37.4 Å². The quantitative estimate of drug-likeness (QED) is 0.421. The molecule has 1 fully saturated rings. The predicted octanol–water partition coefficient (Wildman–Crippen LogP) is 1.70. The summed E-state index contributed by atoms with van der Waals surface area (Å²) < 4.78 is 37.6. The van der Waals surface area contributed by atoms with Gasteiger partial charge < -0.3 is 0 Å². The van der Waals surface area contributed by atoms with Gasteiger partial charge in [-0.15, -0.1) is 0 Å². The van der Waals surface area contributed by atoms with Gasteiger partial charge in [0.05, 0.1) is 0 Å². The second-order valence-electron chi connectivity index (χ2n) is 3.41. The van der Waals surface area contributed by atoms with Gasteiger partial charge in [-0.2, -0.15) is 18.1 Å². The molecule has 1 heterocycles. The zero-order valence-electron chi connectivity index (χ0n) is 7.90. The Hall–Kier alpha value is -0.620. The number of Topliss-reactive ketones (excluding diaryl/α,β-unsaturated/α-hetero) is 1. The lowest BCUT2D eigenvalue weighted by molar-refractivity contribution is -0.259. The molecule has 1 atom stereocenters. The summed E-state index contributed by atoms with van der Waals surface area (Å²) in [6.45, 7) is 0.575. The Bertz CT molecular complexity index is 289. The van der Waals surface area contributed by atoms with E-state index in [1.54, 1.807) is 0 Å². The van der Waals surface area contributed by atoms with Gasteiger partial charge in [-0.1, -0.05) is 0 Å². The van der Waals surface area contributed by atoms with Crippen molar-refractivity contribution in [2.24, 2.45) is 0 Å². The lowest BCUT2D eigenvalue weighted by atomic mass is 9.93. The van der Waals surface area contributed by atoms with E-state index in [0.717, 1.165) is 6.92 Å². The number of alkyl halides is 3. The van der Waals surface area contributed by atoms with Crippen LogP contribution < -0.4 is 0 Å². The smallest absolute Gasteiger partial charge is 0.297 e. The van der Waals surface area contributed by atoms with Crippen LogP contribution >= 0.6 is 11.6 Å². The second kappa shape index (κ2) is 3.75. The van der Waals surface area contributed by atoms with Gasteiger partial charge >= 0.3 is 6.30 Å². The Kier molecular flexibility index (Phi) is 3.11. The molecular formula is C8H9ClF3NO2. The summed E-state index contributed by atoms with van der Waals surface area (Å²) in [5.74, 6) is -0.864. The molecule has 1 rings (SSSR count). The van der Waals surface area contributed by atoms with Gasteiger partial charge in [-0.05, 0) is 31.4 Å². The van der Waals surface area contributed by atoms with E-state index in [0.29, 0.717) is 0 Å². The minimum absolute atomic E-state index is 0.0718. The average molecular weight is 244 g/mol. The van der Waals surface area contributed by atoms with E-state index < -0.39 is 22.9 Å². The summed E-state index contributed by atoms with van der Waals surface area (Å²) in [5, 5.41) is -1.26. The highest BCUT2D eigenvalue weighted by molar-refractivity contribution is 6.67. The molecule has 7 heteroatoms. The third-order valence-electron chi connectivity index (χ3n) is 2.59. The number of halogens is 4. The van der Waals surface area contributed by atoms with Gasteiger partial charge in [0, 0.05) is 6.54 Å². The van der Waals surface area contributed by atoms with Gasteiger partial charge in [0.15, 0.2) is 11.3 Å². The van der Waals surface area contributed by atoms with Crippen molar-refractivity contribution < 1.29 is 22.8 Å². The van der Waals surface area contributed by atoms with Gasteiger partial charge in [0.2, 0.25) is 5.24 Å². The molecule has 1 saturated heterocycles. The Morgan fingerprint density at radius 3 is 2.20 bits per heavy atom. The van der Waals surface area contributed by atoms with Gasteiger partial charge in [0.1, 0.15) is 0 Å². The first-order valence-electron chi connectivity index (χ1n) is 4.28. The minimum Gasteiger partial charge on any atom is -0.297 e. The molecule has 0 N–H and O–H groups in total. The number of hydrogen-bond donors (Lipinski definition) is 0. The first kappa shape index (κ1) is 12.4. The van der Waals surface area contributed by atoms with Crippen molar-refractivity contribution in [3.8, 4) is 0 Å². The van der Waals surface area contributed by atoms with Crippen LogP contribution in [0.15, 0.2) is 0 Å². The average Bonchev–Trinajstić information content (AvgIpc) is 2.46. The Morgan fingerprint density at radius 1 is 1.40 bits per heavy atom. The van der Waals surface area contributed by atoms with Crippen molar-refractivity contribution in [1.82, 2.24) is 4.90 Å². The maximum atomic E-state index is 12.5. The summed E-state index contributed by atoms with van der Waals surface area (Å²) in [7, 11) is 0. The normalized spacial score (nSPS) is 28.1. The number of likely N-dealkylation sites (tertiary alicyclic amines) is 1. The molecule has 0 radical (unpaired) electrons. The van der Waals surface area contributed by atoms with Crippen molar-refractivity contribution in [3.63, 3.8) is 0 Å². The number of rotatable bonds is 2. The molecule has 0 aromatic carbocycles. The van der Waals surface area contributed by atoms with E-state index in [-0.39, 0.29) is 24.3 Å². The van der Waals surface area contributed by atoms with Crippen molar-refractivity contribution in [1.29, 1.82) is 0 Å². The molecule has 0 spiro atoms. The van der Waals surface area contributed by atoms with E-state index in [2.05, 4.69) is 0 Å². The minimum atomic E-state index is -4.72. The molecule has 86 valence electrons. The molecule has 3 nitrogen and oxygen atoms in total. The van der Waals surface area contributed by atoms with Crippen LogP contribution in [0.3, 0.4) is 0 Å². The highest BCUT2D eigenvalue weighted by Gasteiger charge is 2.60. The number of nitrogens with zero attached hydrogens (tertiary/aromatic N) is 1. The van der Waals surface area contributed by atoms with Crippen LogP contribution in [0.4, 0.5) is 13.2 Å². The molecule has 0 amide bonds. The number of carbonyl (C=O) groups excluding carboxylic acids is 2. The zero-order chi connectivity index (χ0) is 11.9. The first-order chi connectivity index (χ1) is 6.73. The molecular weight excluding hydrogens is 235 g/mol. The summed E-state index contributed by atoms with van der Waals surface area (Å²) >= 11 is 5.14. The van der Waals surface area contributed by atoms with Crippen LogP contribution in [0.5, 0.6) is 0 Å². The first-order valence-corrected chi connectivity index (χ1v) is 4.66. The highest BCUT2D eigenvalue weighted by atomic mass is 35.5. The summed E-state index contributed by atoms with van der Waals surface area (Å²) in [6.07, 6.45) is -4.77. The maximum Gasteiger partial charge on any atom is 0.461 e. The van der Waals surface area contributed by atoms with Gasteiger partial charge in [-0.25, -0.2) is 0 Å². The van der Waals surface area contributed by atoms with Crippen LogP contribution in [0.1, 0.15) is 19.8 Å². The fourth-order valence-electron chi connectivity index (χ4n) is 1.87. The van der Waals surface area contributed by atoms with E-state index in [1.165, 1.54) is 0 Å². The van der Waals surface area contributed by atoms with Crippen LogP contribution in [-0.2, 0) is 9.59 Å². The van der Waals surface area contributed by atoms with Crippen molar-refractivity contribution in [2.75, 3.05) is 6.54 Å². The molecule has 0 aliphatic carbocycles. The number of hydrogen-bond acceptors (Lipinski definition) is 3. The monoisotopic (exact) mass is 243 g/mol. The molecule has 0 aromatic heterocycles. The van der Waals surface area contributed by atoms with Crippen molar-refractivity contribution >= 4 is 22.6 Å². The molecule has 1 aliphatic rings. The van der Waals surface area contributed by atoms with Crippen LogP contribution in [0.2, 0.25) is 0 Å². The third kappa shape index (κ3) is 1.88. The highest BCUT2D eigenvalue weighted by Crippen LogP contribution is 2.40. The van der Waals surface area contributed by atoms with Crippen LogP contribution in [0.25, 0.3) is 0 Å². The summed E-state index contributed by atoms with van der Waals surface area (Å²) in [4.78, 5) is 22.2. The van der Waals surface area contributed by atoms with E-state index in [9.17, 15) is 22.8 Å². The Balaban J connectivity index is 3.18. The molecule has 1 aliphatic heterocycles. The zero-order valence-corrected chi connectivity index (χ0v) is 8.65. The predicted molar refractivity (Wildman–Crippen MR) is 46.3 cm³/mol. The molecule has 0 aromatic rings. The largest absolute Gasteiger partial charge is 0.461 e. The fraction of sp³-hybridized carbons (Fsp3) is 0.750.